The lowest BCUT2D eigenvalue weighted by Gasteiger charge is -2.19. The molecule has 0 radical (unpaired) electrons. The Morgan fingerprint density at radius 1 is 1.09 bits per heavy atom. The molecule has 0 aliphatic carbocycles. The van der Waals surface area contributed by atoms with Crippen molar-refractivity contribution in [1.82, 2.24) is 10.2 Å². The molecule has 1 aliphatic rings. The summed E-state index contributed by atoms with van der Waals surface area (Å²) in [6, 6.07) is 18.9. The molecular weight excluding hydrogens is 272 g/mol. The van der Waals surface area contributed by atoms with Gasteiger partial charge in [-0.15, -0.1) is 0 Å². The van der Waals surface area contributed by atoms with E-state index in [4.69, 9.17) is 4.74 Å². The van der Waals surface area contributed by atoms with Gasteiger partial charge in [-0.25, -0.2) is 0 Å². The molecule has 3 nitrogen and oxygen atoms in total. The minimum Gasteiger partial charge on any atom is -0.457 e. The summed E-state index contributed by atoms with van der Waals surface area (Å²) in [5.74, 6) is 1.77. The minimum absolute atomic E-state index is 0.684. The highest BCUT2D eigenvalue weighted by molar-refractivity contribution is 5.33. The van der Waals surface area contributed by atoms with Gasteiger partial charge in [0.15, 0.2) is 0 Å². The highest BCUT2D eigenvalue weighted by atomic mass is 16.5. The maximum atomic E-state index is 5.88. The van der Waals surface area contributed by atoms with Gasteiger partial charge in [-0.2, -0.15) is 0 Å². The summed E-state index contributed by atoms with van der Waals surface area (Å²) in [5.41, 5.74) is 1.26. The lowest BCUT2D eigenvalue weighted by Crippen LogP contribution is -2.35. The van der Waals surface area contributed by atoms with Crippen LogP contribution in [0.1, 0.15) is 18.4 Å². The fourth-order valence-electron chi connectivity index (χ4n) is 2.96. The van der Waals surface area contributed by atoms with E-state index < -0.39 is 0 Å². The van der Waals surface area contributed by atoms with Crippen LogP contribution in [0.5, 0.6) is 11.5 Å². The summed E-state index contributed by atoms with van der Waals surface area (Å²) >= 11 is 0. The van der Waals surface area contributed by atoms with Crippen molar-refractivity contribution in [3.8, 4) is 11.5 Å². The van der Waals surface area contributed by atoms with E-state index >= 15 is 0 Å². The second kappa shape index (κ2) is 7.43. The first-order chi connectivity index (χ1) is 10.8. The molecule has 1 unspecified atom stereocenters. The van der Waals surface area contributed by atoms with Crippen LogP contribution < -0.4 is 10.1 Å². The van der Waals surface area contributed by atoms with E-state index in [0.717, 1.165) is 24.6 Å². The molecule has 3 rings (SSSR count). The molecule has 1 atom stereocenters. The third-order valence-corrected chi connectivity index (χ3v) is 4.26. The summed E-state index contributed by atoms with van der Waals surface area (Å²) in [6.45, 7) is 3.17. The van der Waals surface area contributed by atoms with Crippen LogP contribution in [0.3, 0.4) is 0 Å². The zero-order valence-corrected chi connectivity index (χ0v) is 13.2. The predicted molar refractivity (Wildman–Crippen MR) is 90.3 cm³/mol. The number of hydrogen-bond donors (Lipinski definition) is 1. The maximum absolute atomic E-state index is 5.88. The number of ether oxygens (including phenoxy) is 1. The number of likely N-dealkylation sites (tertiary alicyclic amines) is 1. The van der Waals surface area contributed by atoms with Crippen LogP contribution in [0, 0.1) is 0 Å². The smallest absolute Gasteiger partial charge is 0.127 e. The van der Waals surface area contributed by atoms with Gasteiger partial charge >= 0.3 is 0 Å². The monoisotopic (exact) mass is 296 g/mol. The highest BCUT2D eigenvalue weighted by Gasteiger charge is 2.19. The van der Waals surface area contributed by atoms with Crippen molar-refractivity contribution in [3.63, 3.8) is 0 Å². The van der Waals surface area contributed by atoms with Gasteiger partial charge in [0, 0.05) is 19.1 Å². The van der Waals surface area contributed by atoms with Gasteiger partial charge in [0.2, 0.25) is 0 Å². The largest absolute Gasteiger partial charge is 0.457 e. The van der Waals surface area contributed by atoms with E-state index in [1.54, 1.807) is 0 Å². The first-order valence-electron chi connectivity index (χ1n) is 8.04. The predicted octanol–water partition coefficient (Wildman–Crippen LogP) is 3.66. The van der Waals surface area contributed by atoms with Gasteiger partial charge in [0.1, 0.15) is 11.5 Å². The molecule has 3 heteroatoms. The summed E-state index contributed by atoms with van der Waals surface area (Å²) in [6.07, 6.45) is 2.63. The maximum Gasteiger partial charge on any atom is 0.127 e. The van der Waals surface area contributed by atoms with Crippen molar-refractivity contribution in [2.24, 2.45) is 0 Å². The number of nitrogens with one attached hydrogen (secondary N) is 1. The molecule has 0 amide bonds. The highest BCUT2D eigenvalue weighted by Crippen LogP contribution is 2.21. The van der Waals surface area contributed by atoms with Crippen molar-refractivity contribution < 1.29 is 4.74 Å². The van der Waals surface area contributed by atoms with Gasteiger partial charge in [0.05, 0.1) is 0 Å². The van der Waals surface area contributed by atoms with Crippen molar-refractivity contribution in [2.75, 3.05) is 20.1 Å². The van der Waals surface area contributed by atoms with E-state index in [-0.39, 0.29) is 0 Å². The normalized spacial score (nSPS) is 18.5. The number of benzene rings is 2. The standard InChI is InChI=1S/C19H24N2O/c1-21-12-6-8-17(21)15-20-14-16-7-5-11-19(13-16)22-18-9-3-2-4-10-18/h2-5,7,9-11,13,17,20H,6,8,12,14-15H2,1H3. The molecule has 22 heavy (non-hydrogen) atoms. The fourth-order valence-corrected chi connectivity index (χ4v) is 2.96. The second-order valence-corrected chi connectivity index (χ2v) is 5.97. The lowest BCUT2D eigenvalue weighted by atomic mass is 10.2. The number of para-hydroxylation sites is 1. The van der Waals surface area contributed by atoms with Crippen LogP contribution in [-0.4, -0.2) is 31.1 Å². The zero-order chi connectivity index (χ0) is 15.2. The summed E-state index contributed by atoms with van der Waals surface area (Å²) < 4.78 is 5.88. The number of rotatable bonds is 6. The molecule has 2 aromatic carbocycles. The van der Waals surface area contributed by atoms with Crippen LogP contribution in [-0.2, 0) is 6.54 Å². The van der Waals surface area contributed by atoms with Gasteiger partial charge in [-0.3, -0.25) is 0 Å². The Balaban J connectivity index is 1.52. The molecule has 0 saturated carbocycles. The van der Waals surface area contributed by atoms with Crippen molar-refractivity contribution in [2.45, 2.75) is 25.4 Å². The molecule has 0 aromatic heterocycles. The number of hydrogen-bond acceptors (Lipinski definition) is 3. The Morgan fingerprint density at radius 2 is 1.91 bits per heavy atom. The van der Waals surface area contributed by atoms with Crippen LogP contribution in [0.25, 0.3) is 0 Å². The van der Waals surface area contributed by atoms with Gasteiger partial charge in [0.25, 0.3) is 0 Å². The topological polar surface area (TPSA) is 24.5 Å². The first-order valence-corrected chi connectivity index (χ1v) is 8.04. The molecule has 1 heterocycles. The summed E-state index contributed by atoms with van der Waals surface area (Å²) in [7, 11) is 2.22. The van der Waals surface area contributed by atoms with Gasteiger partial charge in [-0.05, 0) is 56.3 Å². The third-order valence-electron chi connectivity index (χ3n) is 4.26. The molecule has 2 aromatic rings. The molecule has 1 N–H and O–H groups in total. The first kappa shape index (κ1) is 15.1. The van der Waals surface area contributed by atoms with Crippen molar-refractivity contribution in [3.05, 3.63) is 60.2 Å². The Bertz CT molecular complexity index is 585. The molecule has 1 saturated heterocycles. The average molecular weight is 296 g/mol. The Hall–Kier alpha value is -1.84. The Kier molecular flexibility index (Phi) is 5.09. The average Bonchev–Trinajstić information content (AvgIpc) is 2.94. The molecule has 116 valence electrons. The van der Waals surface area contributed by atoms with E-state index in [2.05, 4.69) is 35.5 Å². The quantitative estimate of drug-likeness (QED) is 0.880. The van der Waals surface area contributed by atoms with Crippen molar-refractivity contribution in [1.29, 1.82) is 0 Å². The van der Waals surface area contributed by atoms with Crippen LogP contribution in [0.15, 0.2) is 54.6 Å². The van der Waals surface area contributed by atoms with Crippen molar-refractivity contribution >= 4 is 0 Å². The molecule has 0 bridgehead atoms. The van der Waals surface area contributed by atoms with Crippen LogP contribution >= 0.6 is 0 Å². The lowest BCUT2D eigenvalue weighted by molar-refractivity contribution is 0.300. The number of likely N-dealkylation sites (N-methyl/N-ethyl adjacent to an activating group) is 1. The molecule has 0 spiro atoms. The number of nitrogens with zero attached hydrogens (tertiary/aromatic N) is 1. The molecule has 1 aliphatic heterocycles. The van der Waals surface area contributed by atoms with Gasteiger partial charge < -0.3 is 15.0 Å². The van der Waals surface area contributed by atoms with E-state index in [1.165, 1.54) is 24.9 Å². The van der Waals surface area contributed by atoms with E-state index in [0.29, 0.717) is 6.04 Å². The van der Waals surface area contributed by atoms with Crippen LogP contribution in [0.2, 0.25) is 0 Å². The van der Waals surface area contributed by atoms with E-state index in [1.807, 2.05) is 36.4 Å². The zero-order valence-electron chi connectivity index (χ0n) is 13.2. The minimum atomic E-state index is 0.684. The van der Waals surface area contributed by atoms with Gasteiger partial charge in [-0.1, -0.05) is 30.3 Å². The molecular formula is C19H24N2O. The third kappa shape index (κ3) is 4.09. The van der Waals surface area contributed by atoms with E-state index in [9.17, 15) is 0 Å². The fraction of sp³-hybridized carbons (Fsp3) is 0.368. The van der Waals surface area contributed by atoms with Crippen LogP contribution in [0.4, 0.5) is 0 Å². The summed E-state index contributed by atoms with van der Waals surface area (Å²) in [5, 5.41) is 3.57. The second-order valence-electron chi connectivity index (χ2n) is 5.97. The SMILES string of the molecule is CN1CCCC1CNCc1cccc(Oc2ccccc2)c1. The Morgan fingerprint density at radius 3 is 2.68 bits per heavy atom. The molecule has 1 fully saturated rings. The summed E-state index contributed by atoms with van der Waals surface area (Å²) in [4.78, 5) is 2.45. The Labute approximate surface area is 132 Å².